The van der Waals surface area contributed by atoms with Crippen LogP contribution in [0.1, 0.15) is 24.0 Å². The van der Waals surface area contributed by atoms with E-state index in [1.54, 1.807) is 24.3 Å². The molecular weight excluding hydrogens is 322 g/mol. The third-order valence-electron chi connectivity index (χ3n) is 4.15. The van der Waals surface area contributed by atoms with E-state index in [9.17, 15) is 4.79 Å². The lowest BCUT2D eigenvalue weighted by atomic mass is 9.85. The lowest BCUT2D eigenvalue weighted by Crippen LogP contribution is -2.43. The van der Waals surface area contributed by atoms with E-state index in [1.165, 1.54) is 0 Å². The van der Waals surface area contributed by atoms with Crippen molar-refractivity contribution in [2.45, 2.75) is 18.4 Å². The maximum atomic E-state index is 12.3. The van der Waals surface area contributed by atoms with E-state index in [0.717, 1.165) is 37.1 Å². The van der Waals surface area contributed by atoms with E-state index >= 15 is 0 Å². The van der Waals surface area contributed by atoms with Gasteiger partial charge in [0.1, 0.15) is 5.60 Å². The second-order valence-electron chi connectivity index (χ2n) is 5.76. The number of carbonyl (C=O) groups is 1. The van der Waals surface area contributed by atoms with Gasteiger partial charge in [-0.1, -0.05) is 47.9 Å². The summed E-state index contributed by atoms with van der Waals surface area (Å²) >= 11 is 5.84. The molecule has 24 heavy (non-hydrogen) atoms. The number of hydrogen-bond donors (Lipinski definition) is 1. The van der Waals surface area contributed by atoms with Crippen LogP contribution in [0.4, 0.5) is 0 Å². The first-order chi connectivity index (χ1) is 11.7. The molecule has 0 bridgehead atoms. The van der Waals surface area contributed by atoms with Crippen LogP contribution in [0.25, 0.3) is 0 Å². The summed E-state index contributed by atoms with van der Waals surface area (Å²) in [5.41, 5.74) is 1.15. The molecule has 1 heterocycles. The first kappa shape index (κ1) is 16.6. The Hall–Kier alpha value is -2.28. The summed E-state index contributed by atoms with van der Waals surface area (Å²) in [6, 6.07) is 16.9. The van der Waals surface area contributed by atoms with Gasteiger partial charge in [0.25, 0.3) is 0 Å². The summed E-state index contributed by atoms with van der Waals surface area (Å²) in [4.78, 5) is 12.3. The van der Waals surface area contributed by atoms with Crippen molar-refractivity contribution >= 4 is 17.6 Å². The molecule has 0 radical (unpaired) electrons. The Kier molecular flexibility index (Phi) is 5.20. The number of carbonyl (C=O) groups excluding carboxylic acids is 1. The van der Waals surface area contributed by atoms with Gasteiger partial charge < -0.3 is 10.1 Å². The highest BCUT2D eigenvalue weighted by Crippen LogP contribution is 2.34. The van der Waals surface area contributed by atoms with Gasteiger partial charge in [0, 0.05) is 29.3 Å². The number of hydrogen-bond acceptors (Lipinski definition) is 3. The van der Waals surface area contributed by atoms with Crippen molar-refractivity contribution in [2.75, 3.05) is 13.1 Å². The fourth-order valence-corrected chi connectivity index (χ4v) is 3.01. The van der Waals surface area contributed by atoms with E-state index in [1.807, 2.05) is 30.3 Å². The van der Waals surface area contributed by atoms with Crippen molar-refractivity contribution in [1.82, 2.24) is 5.32 Å². The average molecular weight is 340 g/mol. The molecule has 0 aromatic heterocycles. The lowest BCUT2D eigenvalue weighted by Gasteiger charge is -2.36. The number of esters is 1. The highest BCUT2D eigenvalue weighted by Gasteiger charge is 2.37. The Labute approximate surface area is 147 Å². The van der Waals surface area contributed by atoms with Crippen LogP contribution in [-0.4, -0.2) is 19.1 Å². The summed E-state index contributed by atoms with van der Waals surface area (Å²) in [5.74, 6) is 4.91. The van der Waals surface area contributed by atoms with Gasteiger partial charge >= 0.3 is 5.97 Å². The molecule has 4 heteroatoms. The maximum absolute atomic E-state index is 12.3. The van der Waals surface area contributed by atoms with Gasteiger partial charge in [0.15, 0.2) is 0 Å². The van der Waals surface area contributed by atoms with Gasteiger partial charge in [0.05, 0.1) is 0 Å². The fraction of sp³-hybridized carbons (Fsp3) is 0.250. The average Bonchev–Trinajstić information content (AvgIpc) is 2.63. The topological polar surface area (TPSA) is 38.3 Å². The molecule has 3 nitrogen and oxygen atoms in total. The van der Waals surface area contributed by atoms with Crippen molar-refractivity contribution < 1.29 is 9.53 Å². The normalized spacial score (nSPS) is 15.9. The van der Waals surface area contributed by atoms with Crippen molar-refractivity contribution in [3.05, 3.63) is 70.7 Å². The Morgan fingerprint density at radius 1 is 1.04 bits per heavy atom. The van der Waals surface area contributed by atoms with Crippen LogP contribution >= 0.6 is 11.6 Å². The molecule has 3 rings (SSSR count). The molecule has 1 N–H and O–H groups in total. The van der Waals surface area contributed by atoms with Gasteiger partial charge in [-0.05, 0) is 42.9 Å². The molecule has 122 valence electrons. The number of benzene rings is 2. The van der Waals surface area contributed by atoms with Crippen LogP contribution in [0.15, 0.2) is 54.6 Å². The van der Waals surface area contributed by atoms with Crippen LogP contribution in [-0.2, 0) is 15.1 Å². The Balaban J connectivity index is 1.78. The molecule has 2 aromatic rings. The highest BCUT2D eigenvalue weighted by atomic mass is 35.5. The van der Waals surface area contributed by atoms with Gasteiger partial charge in [-0.15, -0.1) is 0 Å². The quantitative estimate of drug-likeness (QED) is 0.672. The zero-order valence-corrected chi connectivity index (χ0v) is 14.0. The molecule has 0 amide bonds. The van der Waals surface area contributed by atoms with Crippen LogP contribution in [0.2, 0.25) is 5.02 Å². The Morgan fingerprint density at radius 3 is 2.38 bits per heavy atom. The number of ether oxygens (including phenoxy) is 1. The number of rotatable bonds is 2. The van der Waals surface area contributed by atoms with Crippen LogP contribution in [0.5, 0.6) is 0 Å². The maximum Gasteiger partial charge on any atom is 0.385 e. The molecule has 0 spiro atoms. The number of piperidine rings is 1. The minimum Gasteiger partial charge on any atom is -0.444 e. The van der Waals surface area contributed by atoms with Crippen LogP contribution in [0, 0.1) is 11.8 Å². The zero-order valence-electron chi connectivity index (χ0n) is 13.2. The van der Waals surface area contributed by atoms with Crippen molar-refractivity contribution in [3.63, 3.8) is 0 Å². The molecule has 0 atom stereocenters. The van der Waals surface area contributed by atoms with E-state index in [2.05, 4.69) is 17.2 Å². The summed E-state index contributed by atoms with van der Waals surface area (Å²) in [6.45, 7) is 1.62. The minimum atomic E-state index is -0.599. The smallest absolute Gasteiger partial charge is 0.385 e. The van der Waals surface area contributed by atoms with E-state index in [0.29, 0.717) is 5.02 Å². The molecule has 0 saturated carbocycles. The Bertz CT molecular complexity index is 754. The molecule has 1 aliphatic rings. The molecule has 2 aromatic carbocycles. The van der Waals surface area contributed by atoms with Gasteiger partial charge in [0.2, 0.25) is 0 Å². The lowest BCUT2D eigenvalue weighted by molar-refractivity contribution is -0.156. The second kappa shape index (κ2) is 7.53. The minimum absolute atomic E-state index is 0.504. The number of halogens is 1. The fourth-order valence-electron chi connectivity index (χ4n) is 2.88. The highest BCUT2D eigenvalue weighted by molar-refractivity contribution is 6.30. The summed E-state index contributed by atoms with van der Waals surface area (Å²) in [7, 11) is 0. The first-order valence-corrected chi connectivity index (χ1v) is 8.33. The summed E-state index contributed by atoms with van der Waals surface area (Å²) in [6.07, 6.45) is 1.48. The Morgan fingerprint density at radius 2 is 1.71 bits per heavy atom. The van der Waals surface area contributed by atoms with Crippen LogP contribution < -0.4 is 5.32 Å². The third kappa shape index (κ3) is 3.97. The molecule has 1 aliphatic heterocycles. The molecule has 0 aliphatic carbocycles. The molecule has 1 fully saturated rings. The number of nitrogens with one attached hydrogen (secondary N) is 1. The summed E-state index contributed by atoms with van der Waals surface area (Å²) < 4.78 is 5.83. The van der Waals surface area contributed by atoms with E-state index < -0.39 is 11.6 Å². The monoisotopic (exact) mass is 339 g/mol. The van der Waals surface area contributed by atoms with Crippen molar-refractivity contribution in [1.29, 1.82) is 0 Å². The van der Waals surface area contributed by atoms with E-state index in [4.69, 9.17) is 16.3 Å². The first-order valence-electron chi connectivity index (χ1n) is 7.95. The van der Waals surface area contributed by atoms with Gasteiger partial charge in [-0.2, -0.15) is 0 Å². The van der Waals surface area contributed by atoms with E-state index in [-0.39, 0.29) is 0 Å². The van der Waals surface area contributed by atoms with Gasteiger partial charge in [-0.3, -0.25) is 0 Å². The predicted molar refractivity (Wildman–Crippen MR) is 94.6 cm³/mol. The van der Waals surface area contributed by atoms with Gasteiger partial charge in [-0.25, -0.2) is 4.79 Å². The molecule has 0 unspecified atom stereocenters. The zero-order chi connectivity index (χ0) is 16.8. The van der Waals surface area contributed by atoms with Crippen LogP contribution in [0.3, 0.4) is 0 Å². The standard InChI is InChI=1S/C20H18ClNO2/c21-18-9-6-16(7-10-18)8-11-19(23)24-20(12-14-22-15-13-20)17-4-2-1-3-5-17/h1-7,9-10,22H,12-15H2. The molecule has 1 saturated heterocycles. The van der Waals surface area contributed by atoms with Crippen molar-refractivity contribution in [2.24, 2.45) is 0 Å². The third-order valence-corrected chi connectivity index (χ3v) is 4.40. The summed E-state index contributed by atoms with van der Waals surface area (Å²) in [5, 5.41) is 3.95. The largest absolute Gasteiger partial charge is 0.444 e. The second-order valence-corrected chi connectivity index (χ2v) is 6.19. The molecular formula is C20H18ClNO2. The SMILES string of the molecule is O=C(C#Cc1ccc(Cl)cc1)OC1(c2ccccc2)CCNCC1. The van der Waals surface area contributed by atoms with Crippen molar-refractivity contribution in [3.8, 4) is 11.8 Å². The predicted octanol–water partition coefficient (Wildman–Crippen LogP) is 3.51.